The Hall–Kier alpha value is -3.33. The molecule has 1 aliphatic carbocycles. The standard InChI is InChI=1S/C25H30N2O6S/c1-27(21-11-13-22(32-2)14-12-21)34(30,31)23-10-6-9-20(17-23)25(29)33-18-24(28)26-16-15-19-7-4-3-5-8-19/h6-7,9-14,17H,3-5,8,15-16,18H2,1-2H3,(H,26,28). The summed E-state index contributed by atoms with van der Waals surface area (Å²) in [5, 5.41) is 2.75. The van der Waals surface area contributed by atoms with Crippen molar-refractivity contribution in [2.45, 2.75) is 37.0 Å². The number of carbonyl (C=O) groups is 2. The van der Waals surface area contributed by atoms with Crippen molar-refractivity contribution in [1.29, 1.82) is 0 Å². The van der Waals surface area contributed by atoms with Crippen LogP contribution in [0.2, 0.25) is 0 Å². The molecular formula is C25H30N2O6S. The Morgan fingerprint density at radius 2 is 1.85 bits per heavy atom. The summed E-state index contributed by atoms with van der Waals surface area (Å²) in [5.74, 6) is -0.559. The predicted octanol–water partition coefficient (Wildman–Crippen LogP) is 3.68. The van der Waals surface area contributed by atoms with Crippen LogP contribution in [0.4, 0.5) is 5.69 Å². The lowest BCUT2D eigenvalue weighted by atomic mass is 9.97. The minimum absolute atomic E-state index is 0.0457. The molecule has 0 bridgehead atoms. The largest absolute Gasteiger partial charge is 0.497 e. The van der Waals surface area contributed by atoms with Crippen LogP contribution in [0.25, 0.3) is 0 Å². The molecule has 0 heterocycles. The van der Waals surface area contributed by atoms with Crippen molar-refractivity contribution < 1.29 is 27.5 Å². The van der Waals surface area contributed by atoms with Gasteiger partial charge in [-0.05, 0) is 74.6 Å². The number of benzene rings is 2. The van der Waals surface area contributed by atoms with E-state index in [1.165, 1.54) is 56.8 Å². The lowest BCUT2D eigenvalue weighted by Crippen LogP contribution is -2.30. The fourth-order valence-corrected chi connectivity index (χ4v) is 4.87. The average Bonchev–Trinajstić information content (AvgIpc) is 2.87. The fourth-order valence-electron chi connectivity index (χ4n) is 3.63. The first-order valence-corrected chi connectivity index (χ1v) is 12.6. The van der Waals surface area contributed by atoms with E-state index in [9.17, 15) is 18.0 Å². The number of amides is 1. The van der Waals surface area contributed by atoms with Gasteiger partial charge in [0, 0.05) is 13.6 Å². The number of ether oxygens (including phenoxy) is 2. The summed E-state index contributed by atoms with van der Waals surface area (Å²) in [6.45, 7) is 0.0637. The Morgan fingerprint density at radius 1 is 1.09 bits per heavy atom. The van der Waals surface area contributed by atoms with Crippen molar-refractivity contribution in [1.82, 2.24) is 5.32 Å². The first-order chi connectivity index (χ1) is 16.3. The van der Waals surface area contributed by atoms with Crippen molar-refractivity contribution >= 4 is 27.6 Å². The van der Waals surface area contributed by atoms with Crippen LogP contribution in [0, 0.1) is 0 Å². The zero-order valence-electron chi connectivity index (χ0n) is 19.5. The van der Waals surface area contributed by atoms with Gasteiger partial charge in [0.15, 0.2) is 6.61 Å². The summed E-state index contributed by atoms with van der Waals surface area (Å²) in [7, 11) is -0.968. The zero-order valence-corrected chi connectivity index (χ0v) is 20.3. The normalized spacial score (nSPS) is 13.5. The number of nitrogens with zero attached hydrogens (tertiary/aromatic N) is 1. The van der Waals surface area contributed by atoms with Gasteiger partial charge in [-0.3, -0.25) is 9.10 Å². The molecule has 3 rings (SSSR count). The lowest BCUT2D eigenvalue weighted by molar-refractivity contribution is -0.124. The van der Waals surface area contributed by atoms with Crippen molar-refractivity contribution in [2.24, 2.45) is 0 Å². The molecule has 9 heteroatoms. The van der Waals surface area contributed by atoms with E-state index in [4.69, 9.17) is 9.47 Å². The van der Waals surface area contributed by atoms with E-state index in [1.54, 1.807) is 24.3 Å². The van der Waals surface area contributed by atoms with Gasteiger partial charge >= 0.3 is 5.97 Å². The number of allylic oxidation sites excluding steroid dienone is 1. The van der Waals surface area contributed by atoms with Crippen LogP contribution in [0.1, 0.15) is 42.5 Å². The molecule has 0 saturated heterocycles. The topological polar surface area (TPSA) is 102 Å². The third kappa shape index (κ3) is 6.60. The molecule has 1 aliphatic rings. The Balaban J connectivity index is 1.57. The number of anilines is 1. The Bertz CT molecular complexity index is 1140. The number of sulfonamides is 1. The average molecular weight is 487 g/mol. The van der Waals surface area contributed by atoms with Gasteiger partial charge in [-0.2, -0.15) is 0 Å². The number of methoxy groups -OCH3 is 1. The number of hydrogen-bond donors (Lipinski definition) is 1. The Morgan fingerprint density at radius 3 is 2.53 bits per heavy atom. The molecule has 34 heavy (non-hydrogen) atoms. The molecule has 0 aromatic heterocycles. The summed E-state index contributed by atoms with van der Waals surface area (Å²) < 4.78 is 37.4. The van der Waals surface area contributed by atoms with E-state index >= 15 is 0 Å². The van der Waals surface area contributed by atoms with E-state index in [0.717, 1.165) is 23.6 Å². The highest BCUT2D eigenvalue weighted by Crippen LogP contribution is 2.25. The molecule has 0 radical (unpaired) electrons. The molecule has 0 aliphatic heterocycles. The van der Waals surface area contributed by atoms with E-state index in [2.05, 4.69) is 11.4 Å². The summed E-state index contributed by atoms with van der Waals surface area (Å²) in [4.78, 5) is 24.4. The first-order valence-electron chi connectivity index (χ1n) is 11.2. The monoisotopic (exact) mass is 486 g/mol. The Labute approximate surface area is 200 Å². The maximum Gasteiger partial charge on any atom is 0.338 e. The van der Waals surface area contributed by atoms with Crippen LogP contribution in [0.3, 0.4) is 0 Å². The fraction of sp³-hybridized carbons (Fsp3) is 0.360. The first kappa shape index (κ1) is 25.3. The van der Waals surface area contributed by atoms with Gasteiger partial charge in [0.1, 0.15) is 5.75 Å². The molecule has 0 atom stereocenters. The van der Waals surface area contributed by atoms with Gasteiger partial charge in [0.25, 0.3) is 15.9 Å². The van der Waals surface area contributed by atoms with Gasteiger partial charge in [0.05, 0.1) is 23.3 Å². The minimum atomic E-state index is -3.92. The maximum atomic E-state index is 13.1. The van der Waals surface area contributed by atoms with Crippen molar-refractivity contribution in [3.63, 3.8) is 0 Å². The molecule has 1 N–H and O–H groups in total. The molecule has 8 nitrogen and oxygen atoms in total. The maximum absolute atomic E-state index is 13.1. The molecule has 0 saturated carbocycles. The van der Waals surface area contributed by atoms with Crippen LogP contribution in [-0.2, 0) is 19.6 Å². The Kier molecular flexibility index (Phi) is 8.70. The van der Waals surface area contributed by atoms with Crippen molar-refractivity contribution in [2.75, 3.05) is 31.6 Å². The molecule has 2 aromatic rings. The van der Waals surface area contributed by atoms with Gasteiger partial charge in [-0.15, -0.1) is 0 Å². The molecule has 0 spiro atoms. The van der Waals surface area contributed by atoms with E-state index in [-0.39, 0.29) is 10.5 Å². The van der Waals surface area contributed by atoms with Crippen molar-refractivity contribution in [3.8, 4) is 5.75 Å². The second-order valence-corrected chi connectivity index (χ2v) is 9.95. The van der Waals surface area contributed by atoms with Crippen LogP contribution in [-0.4, -0.2) is 47.6 Å². The van der Waals surface area contributed by atoms with Crippen LogP contribution in [0.15, 0.2) is 65.1 Å². The third-order valence-corrected chi connectivity index (χ3v) is 7.43. The molecule has 1 amide bonds. The number of carbonyl (C=O) groups excluding carboxylic acids is 2. The third-order valence-electron chi connectivity index (χ3n) is 5.65. The van der Waals surface area contributed by atoms with Crippen LogP contribution < -0.4 is 14.4 Å². The number of esters is 1. The van der Waals surface area contributed by atoms with E-state index in [1.807, 2.05) is 0 Å². The van der Waals surface area contributed by atoms with E-state index < -0.39 is 28.5 Å². The predicted molar refractivity (Wildman–Crippen MR) is 129 cm³/mol. The summed E-state index contributed by atoms with van der Waals surface area (Å²) in [6.07, 6.45) is 7.57. The molecule has 0 unspecified atom stereocenters. The number of nitrogens with one attached hydrogen (secondary N) is 1. The second-order valence-electron chi connectivity index (χ2n) is 7.98. The van der Waals surface area contributed by atoms with Gasteiger partial charge in [0.2, 0.25) is 0 Å². The van der Waals surface area contributed by atoms with Gasteiger partial charge in [-0.1, -0.05) is 17.7 Å². The van der Waals surface area contributed by atoms with Gasteiger partial charge in [-0.25, -0.2) is 13.2 Å². The number of hydrogen-bond acceptors (Lipinski definition) is 6. The lowest BCUT2D eigenvalue weighted by Gasteiger charge is -2.20. The van der Waals surface area contributed by atoms with Crippen molar-refractivity contribution in [3.05, 3.63) is 65.7 Å². The number of rotatable bonds is 10. The molecular weight excluding hydrogens is 456 g/mol. The summed E-state index contributed by atoms with van der Waals surface area (Å²) in [5.41, 5.74) is 1.83. The van der Waals surface area contributed by atoms with E-state index in [0.29, 0.717) is 18.0 Å². The summed E-state index contributed by atoms with van der Waals surface area (Å²) in [6, 6.07) is 12.1. The quantitative estimate of drug-likeness (QED) is 0.406. The van der Waals surface area contributed by atoms with Crippen LogP contribution >= 0.6 is 0 Å². The second kappa shape index (κ2) is 11.7. The minimum Gasteiger partial charge on any atom is -0.497 e. The molecule has 182 valence electrons. The highest BCUT2D eigenvalue weighted by atomic mass is 32.2. The van der Waals surface area contributed by atoms with Crippen LogP contribution in [0.5, 0.6) is 5.75 Å². The zero-order chi connectivity index (χ0) is 24.6. The smallest absolute Gasteiger partial charge is 0.338 e. The molecule has 2 aromatic carbocycles. The van der Waals surface area contributed by atoms with Gasteiger partial charge < -0.3 is 14.8 Å². The summed E-state index contributed by atoms with van der Waals surface area (Å²) >= 11 is 0. The highest BCUT2D eigenvalue weighted by molar-refractivity contribution is 7.92. The highest BCUT2D eigenvalue weighted by Gasteiger charge is 2.23. The SMILES string of the molecule is COc1ccc(N(C)S(=O)(=O)c2cccc(C(=O)OCC(=O)NCCC3=CCCCC3)c2)cc1. The molecule has 0 fully saturated rings.